The lowest BCUT2D eigenvalue weighted by atomic mass is 10.0. The Morgan fingerprint density at radius 2 is 2.00 bits per heavy atom. The molecule has 3 rings (SSSR count). The van der Waals surface area contributed by atoms with E-state index in [1.165, 1.54) is 17.0 Å². The third kappa shape index (κ3) is 3.50. The Morgan fingerprint density at radius 3 is 2.68 bits per heavy atom. The fourth-order valence-corrected chi connectivity index (χ4v) is 3.06. The van der Waals surface area contributed by atoms with Crippen LogP contribution in [0, 0.1) is 5.82 Å². The molecule has 1 saturated heterocycles. The molecule has 1 aliphatic heterocycles. The summed E-state index contributed by atoms with van der Waals surface area (Å²) in [7, 11) is 0. The Hall–Kier alpha value is -2.44. The SMILES string of the molecule is O=C(NCc1cc(F)cc(Cl)c1)[C@@]1(O)CCN(c2ccccc2)C1=O. The molecule has 2 aromatic rings. The Kier molecular flexibility index (Phi) is 4.74. The number of hydrogen-bond acceptors (Lipinski definition) is 3. The summed E-state index contributed by atoms with van der Waals surface area (Å²) < 4.78 is 13.3. The van der Waals surface area contributed by atoms with Crippen molar-refractivity contribution in [3.05, 3.63) is 64.9 Å². The number of hydrogen-bond donors (Lipinski definition) is 2. The normalized spacial score (nSPS) is 20.0. The van der Waals surface area contributed by atoms with Gasteiger partial charge in [-0.05, 0) is 35.9 Å². The first-order chi connectivity index (χ1) is 11.9. The molecule has 0 unspecified atom stereocenters. The van der Waals surface area contributed by atoms with Gasteiger partial charge in [0.25, 0.3) is 11.8 Å². The lowest BCUT2D eigenvalue weighted by Gasteiger charge is -2.21. The number of rotatable bonds is 4. The zero-order valence-electron chi connectivity index (χ0n) is 13.2. The molecule has 0 spiro atoms. The van der Waals surface area contributed by atoms with Crippen molar-refractivity contribution in [2.75, 3.05) is 11.4 Å². The number of nitrogens with zero attached hydrogens (tertiary/aromatic N) is 1. The van der Waals surface area contributed by atoms with Gasteiger partial charge in [0.05, 0.1) is 0 Å². The first-order valence-corrected chi connectivity index (χ1v) is 8.10. The fraction of sp³-hybridized carbons (Fsp3) is 0.222. The van der Waals surface area contributed by atoms with Crippen LogP contribution in [0.3, 0.4) is 0 Å². The van der Waals surface area contributed by atoms with Crippen molar-refractivity contribution in [3.8, 4) is 0 Å². The number of para-hydroxylation sites is 1. The minimum atomic E-state index is -2.13. The summed E-state index contributed by atoms with van der Waals surface area (Å²) in [5.41, 5.74) is -1.08. The Morgan fingerprint density at radius 1 is 1.28 bits per heavy atom. The van der Waals surface area contributed by atoms with Crippen LogP contribution in [0.25, 0.3) is 0 Å². The highest BCUT2D eigenvalue weighted by Gasteiger charge is 2.51. The van der Waals surface area contributed by atoms with Gasteiger partial charge >= 0.3 is 0 Å². The number of carbonyl (C=O) groups is 2. The maximum Gasteiger partial charge on any atom is 0.268 e. The van der Waals surface area contributed by atoms with Gasteiger partial charge < -0.3 is 15.3 Å². The Labute approximate surface area is 149 Å². The number of anilines is 1. The molecule has 0 saturated carbocycles. The van der Waals surface area contributed by atoms with Crippen LogP contribution in [0.1, 0.15) is 12.0 Å². The van der Waals surface area contributed by atoms with Crippen molar-refractivity contribution in [1.29, 1.82) is 0 Å². The van der Waals surface area contributed by atoms with E-state index in [9.17, 15) is 19.1 Å². The molecule has 1 heterocycles. The molecule has 25 heavy (non-hydrogen) atoms. The topological polar surface area (TPSA) is 69.6 Å². The van der Waals surface area contributed by atoms with Gasteiger partial charge in [-0.1, -0.05) is 29.8 Å². The smallest absolute Gasteiger partial charge is 0.268 e. The van der Waals surface area contributed by atoms with Gasteiger partial charge in [0.15, 0.2) is 0 Å². The van der Waals surface area contributed by atoms with E-state index in [2.05, 4.69) is 5.32 Å². The maximum absolute atomic E-state index is 13.3. The van der Waals surface area contributed by atoms with E-state index in [0.29, 0.717) is 11.3 Å². The van der Waals surface area contributed by atoms with E-state index < -0.39 is 23.2 Å². The lowest BCUT2D eigenvalue weighted by Crippen LogP contribution is -2.52. The van der Waals surface area contributed by atoms with Crippen LogP contribution < -0.4 is 10.2 Å². The fourth-order valence-electron chi connectivity index (χ4n) is 2.81. The molecule has 2 N–H and O–H groups in total. The molecule has 0 aromatic heterocycles. The summed E-state index contributed by atoms with van der Waals surface area (Å²) in [6, 6.07) is 12.7. The van der Waals surface area contributed by atoms with Crippen LogP contribution in [-0.2, 0) is 16.1 Å². The molecule has 2 amide bonds. The van der Waals surface area contributed by atoms with E-state index >= 15 is 0 Å². The van der Waals surface area contributed by atoms with Gasteiger partial charge in [-0.25, -0.2) is 4.39 Å². The van der Waals surface area contributed by atoms with Crippen molar-refractivity contribution in [2.24, 2.45) is 0 Å². The number of amides is 2. The summed E-state index contributed by atoms with van der Waals surface area (Å²) in [5, 5.41) is 13.2. The minimum Gasteiger partial charge on any atom is -0.372 e. The number of benzene rings is 2. The van der Waals surface area contributed by atoms with Crippen molar-refractivity contribution in [1.82, 2.24) is 5.32 Å². The monoisotopic (exact) mass is 362 g/mol. The van der Waals surface area contributed by atoms with E-state index in [-0.39, 0.29) is 24.5 Å². The average Bonchev–Trinajstić information content (AvgIpc) is 2.89. The van der Waals surface area contributed by atoms with E-state index in [1.54, 1.807) is 24.3 Å². The predicted octanol–water partition coefficient (Wildman–Crippen LogP) is 2.26. The molecule has 1 atom stereocenters. The van der Waals surface area contributed by atoms with Gasteiger partial charge in [-0.3, -0.25) is 9.59 Å². The minimum absolute atomic E-state index is 0.0174. The number of nitrogens with one attached hydrogen (secondary N) is 1. The molecular weight excluding hydrogens is 347 g/mol. The van der Waals surface area contributed by atoms with Gasteiger partial charge in [0, 0.05) is 30.2 Å². The van der Waals surface area contributed by atoms with E-state index in [0.717, 1.165) is 6.07 Å². The first kappa shape index (κ1) is 17.4. The summed E-state index contributed by atoms with van der Waals surface area (Å²) >= 11 is 5.77. The highest BCUT2D eigenvalue weighted by molar-refractivity contribution is 6.30. The zero-order chi connectivity index (χ0) is 18.0. The lowest BCUT2D eigenvalue weighted by molar-refractivity contribution is -0.149. The molecule has 0 radical (unpaired) electrons. The Bertz CT molecular complexity index is 795. The highest BCUT2D eigenvalue weighted by atomic mass is 35.5. The van der Waals surface area contributed by atoms with Crippen molar-refractivity contribution < 1.29 is 19.1 Å². The molecule has 7 heteroatoms. The Balaban J connectivity index is 1.70. The first-order valence-electron chi connectivity index (χ1n) is 7.73. The molecule has 0 bridgehead atoms. The van der Waals surface area contributed by atoms with Crippen LogP contribution in [0.2, 0.25) is 5.02 Å². The van der Waals surface area contributed by atoms with Gasteiger partial charge in [0.2, 0.25) is 5.60 Å². The summed E-state index contributed by atoms with van der Waals surface area (Å²) in [6.07, 6.45) is -0.0174. The number of aliphatic hydroxyl groups is 1. The molecule has 5 nitrogen and oxygen atoms in total. The molecule has 0 aliphatic carbocycles. The molecule has 1 fully saturated rings. The second kappa shape index (κ2) is 6.82. The van der Waals surface area contributed by atoms with Crippen LogP contribution in [-0.4, -0.2) is 29.1 Å². The van der Waals surface area contributed by atoms with Crippen LogP contribution >= 0.6 is 11.6 Å². The average molecular weight is 363 g/mol. The largest absolute Gasteiger partial charge is 0.372 e. The van der Waals surface area contributed by atoms with Gasteiger partial charge in [-0.2, -0.15) is 0 Å². The van der Waals surface area contributed by atoms with Crippen LogP contribution in [0.15, 0.2) is 48.5 Å². The van der Waals surface area contributed by atoms with E-state index in [1.807, 2.05) is 6.07 Å². The molecular formula is C18H16ClFN2O3. The van der Waals surface area contributed by atoms with Gasteiger partial charge in [0.1, 0.15) is 5.82 Å². The second-order valence-electron chi connectivity index (χ2n) is 5.86. The van der Waals surface area contributed by atoms with Crippen molar-refractivity contribution in [3.63, 3.8) is 0 Å². The van der Waals surface area contributed by atoms with Gasteiger partial charge in [-0.15, -0.1) is 0 Å². The third-order valence-electron chi connectivity index (χ3n) is 4.12. The third-order valence-corrected chi connectivity index (χ3v) is 4.33. The standard InChI is InChI=1S/C18H16ClFN2O3/c19-13-8-12(9-14(20)10-13)11-21-16(23)18(25)6-7-22(17(18)24)15-4-2-1-3-5-15/h1-5,8-10,25H,6-7,11H2,(H,21,23)/t18-/m0/s1. The number of halogens is 2. The highest BCUT2D eigenvalue weighted by Crippen LogP contribution is 2.28. The van der Waals surface area contributed by atoms with Crippen molar-refractivity contribution in [2.45, 2.75) is 18.6 Å². The molecule has 130 valence electrons. The van der Waals surface area contributed by atoms with E-state index in [4.69, 9.17) is 11.6 Å². The number of carbonyl (C=O) groups excluding carboxylic acids is 2. The summed E-state index contributed by atoms with van der Waals surface area (Å²) in [4.78, 5) is 26.3. The van der Waals surface area contributed by atoms with Crippen LogP contribution in [0.4, 0.5) is 10.1 Å². The summed E-state index contributed by atoms with van der Waals surface area (Å²) in [5.74, 6) is -2.01. The quantitative estimate of drug-likeness (QED) is 0.820. The van der Waals surface area contributed by atoms with Crippen LogP contribution in [0.5, 0.6) is 0 Å². The summed E-state index contributed by atoms with van der Waals surface area (Å²) in [6.45, 7) is 0.190. The maximum atomic E-state index is 13.3. The second-order valence-corrected chi connectivity index (χ2v) is 6.30. The molecule has 2 aromatic carbocycles. The molecule has 1 aliphatic rings. The predicted molar refractivity (Wildman–Crippen MR) is 91.6 cm³/mol. The van der Waals surface area contributed by atoms with Crippen molar-refractivity contribution >= 4 is 29.1 Å². The zero-order valence-corrected chi connectivity index (χ0v) is 14.0.